The number of carbonyl (C=O) groups is 3. The molecule has 9 heteroatoms. The first kappa shape index (κ1) is 24.5. The lowest BCUT2D eigenvalue weighted by Gasteiger charge is -2.44. The maximum atomic E-state index is 13.6. The van der Waals surface area contributed by atoms with Gasteiger partial charge in [0.25, 0.3) is 17.6 Å². The summed E-state index contributed by atoms with van der Waals surface area (Å²) in [5.41, 5.74) is 2.17. The van der Waals surface area contributed by atoms with Crippen molar-refractivity contribution in [2.75, 3.05) is 26.2 Å². The highest BCUT2D eigenvalue weighted by molar-refractivity contribution is 6.45. The lowest BCUT2D eigenvalue weighted by Crippen LogP contribution is -2.57. The van der Waals surface area contributed by atoms with Gasteiger partial charge in [-0.05, 0) is 50.1 Å². The molecule has 5 rings (SSSR count). The van der Waals surface area contributed by atoms with Crippen LogP contribution in [-0.2, 0) is 11.3 Å². The van der Waals surface area contributed by atoms with Gasteiger partial charge in [0.1, 0.15) is 5.82 Å². The Kier molecular flexibility index (Phi) is 6.57. The van der Waals surface area contributed by atoms with E-state index in [1.54, 1.807) is 29.2 Å². The third kappa shape index (κ3) is 4.51. The number of aromatic amines is 1. The zero-order valence-corrected chi connectivity index (χ0v) is 21.0. The van der Waals surface area contributed by atoms with E-state index < -0.39 is 11.7 Å². The number of Topliss-reactive ketones (excluding diaryl/α,β-unsaturated/α-hetero) is 1. The van der Waals surface area contributed by atoms with Crippen molar-refractivity contribution in [1.82, 2.24) is 19.7 Å². The van der Waals surface area contributed by atoms with E-state index in [0.717, 1.165) is 12.0 Å². The van der Waals surface area contributed by atoms with E-state index in [1.165, 1.54) is 23.2 Å². The number of nitrogens with zero attached hydrogens (tertiary/aromatic N) is 3. The number of piperazine rings is 1. The maximum absolute atomic E-state index is 13.6. The van der Waals surface area contributed by atoms with Gasteiger partial charge in [0.15, 0.2) is 0 Å². The first-order valence-electron chi connectivity index (χ1n) is 12.2. The van der Waals surface area contributed by atoms with Crippen molar-refractivity contribution >= 4 is 40.1 Å². The molecule has 0 aliphatic carbocycles. The lowest BCUT2D eigenvalue weighted by molar-refractivity contribution is -0.129. The van der Waals surface area contributed by atoms with E-state index in [9.17, 15) is 18.8 Å². The van der Waals surface area contributed by atoms with E-state index in [4.69, 9.17) is 11.6 Å². The van der Waals surface area contributed by atoms with E-state index in [0.29, 0.717) is 49.2 Å². The van der Waals surface area contributed by atoms with Crippen molar-refractivity contribution in [3.05, 3.63) is 70.1 Å². The Morgan fingerprint density at radius 3 is 2.42 bits per heavy atom. The summed E-state index contributed by atoms with van der Waals surface area (Å²) in [5, 5.41) is 0.799. The monoisotopic (exact) mass is 510 g/mol. The summed E-state index contributed by atoms with van der Waals surface area (Å²) in [7, 11) is 0. The van der Waals surface area contributed by atoms with Crippen molar-refractivity contribution in [2.24, 2.45) is 0 Å². The molecule has 2 atom stereocenters. The number of aromatic nitrogens is 1. The third-order valence-corrected chi connectivity index (χ3v) is 7.57. The molecule has 2 amide bonds. The van der Waals surface area contributed by atoms with Crippen molar-refractivity contribution in [3.63, 3.8) is 0 Å². The predicted molar refractivity (Wildman–Crippen MR) is 136 cm³/mol. The zero-order valence-electron chi connectivity index (χ0n) is 20.3. The van der Waals surface area contributed by atoms with Crippen LogP contribution in [-0.4, -0.2) is 75.5 Å². The van der Waals surface area contributed by atoms with Crippen LogP contribution in [0, 0.1) is 5.82 Å². The molecule has 36 heavy (non-hydrogen) atoms. The minimum atomic E-state index is -0.585. The van der Waals surface area contributed by atoms with Gasteiger partial charge in [-0.15, -0.1) is 0 Å². The number of nitrogens with one attached hydrogen (secondary N) is 1. The van der Waals surface area contributed by atoms with Crippen LogP contribution in [0.4, 0.5) is 4.39 Å². The fraction of sp³-hybridized carbons (Fsp3) is 0.370. The van der Waals surface area contributed by atoms with Crippen molar-refractivity contribution in [2.45, 2.75) is 38.9 Å². The number of H-pyrrole nitrogens is 1. The smallest absolute Gasteiger partial charge is 0.295 e. The molecule has 7 nitrogen and oxygen atoms in total. The summed E-state index contributed by atoms with van der Waals surface area (Å²) in [6, 6.07) is 9.72. The molecule has 0 saturated carbocycles. The minimum absolute atomic E-state index is 0.0799. The van der Waals surface area contributed by atoms with Gasteiger partial charge < -0.3 is 14.8 Å². The number of halogens is 2. The van der Waals surface area contributed by atoms with Gasteiger partial charge in [-0.1, -0.05) is 23.7 Å². The number of amides is 2. The Morgan fingerprint density at radius 2 is 1.75 bits per heavy atom. The molecule has 2 aliphatic rings. The van der Waals surface area contributed by atoms with Crippen LogP contribution in [0.15, 0.2) is 42.6 Å². The Bertz CT molecular complexity index is 1330. The van der Waals surface area contributed by atoms with Crippen LogP contribution in [0.3, 0.4) is 0 Å². The molecule has 0 bridgehead atoms. The van der Waals surface area contributed by atoms with Crippen LogP contribution in [0.25, 0.3) is 10.9 Å². The summed E-state index contributed by atoms with van der Waals surface area (Å²) in [5.74, 6) is -1.58. The molecule has 1 N–H and O–H groups in total. The normalized spacial score (nSPS) is 20.4. The molecule has 3 aromatic rings. The van der Waals surface area contributed by atoms with E-state index in [-0.39, 0.29) is 34.4 Å². The fourth-order valence-electron chi connectivity index (χ4n) is 4.95. The molecule has 2 aromatic carbocycles. The van der Waals surface area contributed by atoms with Crippen molar-refractivity contribution in [3.8, 4) is 0 Å². The highest BCUT2D eigenvalue weighted by atomic mass is 35.5. The first-order valence-corrected chi connectivity index (χ1v) is 12.5. The second-order valence-corrected chi connectivity index (χ2v) is 10.2. The predicted octanol–water partition coefficient (Wildman–Crippen LogP) is 4.11. The van der Waals surface area contributed by atoms with Crippen LogP contribution >= 0.6 is 11.6 Å². The Labute approximate surface area is 213 Å². The van der Waals surface area contributed by atoms with E-state index in [2.05, 4.69) is 16.8 Å². The molecule has 1 unspecified atom stereocenters. The van der Waals surface area contributed by atoms with Gasteiger partial charge in [0.2, 0.25) is 0 Å². The summed E-state index contributed by atoms with van der Waals surface area (Å²) in [4.78, 5) is 47.6. The number of likely N-dealkylation sites (tertiary alicyclic amines) is 1. The summed E-state index contributed by atoms with van der Waals surface area (Å²) in [6.07, 6.45) is 2.41. The van der Waals surface area contributed by atoms with Gasteiger partial charge in [-0.25, -0.2) is 4.39 Å². The second kappa shape index (κ2) is 9.67. The van der Waals surface area contributed by atoms with Gasteiger partial charge in [0.05, 0.1) is 16.1 Å². The number of fused-ring (bicyclic) bond motifs is 1. The van der Waals surface area contributed by atoms with Gasteiger partial charge >= 0.3 is 0 Å². The molecule has 2 aliphatic heterocycles. The number of hydrogen-bond donors (Lipinski definition) is 1. The summed E-state index contributed by atoms with van der Waals surface area (Å²) in [6.45, 7) is 7.05. The molecule has 1 aromatic heterocycles. The number of benzene rings is 2. The van der Waals surface area contributed by atoms with Crippen LogP contribution < -0.4 is 0 Å². The SMILES string of the molecule is CC1CN(Cc2ccc(F)cc2)[C@@H](C)CN1C(=O)c1cc2c(C(=O)C(=O)N3CCC3)c[nH]c2cc1Cl. The standard InChI is InChI=1S/C27H28ClFN4O3/c1-16-14-33(17(2)13-32(16)15-18-4-6-19(29)7-5-18)26(35)21-10-20-22(12-30-24(20)11-23(21)28)25(34)27(36)31-8-3-9-31/h4-7,10-12,16-17,30H,3,8-9,13-15H2,1-2H3/t16-,17?/m0/s1. The Balaban J connectivity index is 1.36. The van der Waals surface area contributed by atoms with Crippen LogP contribution in [0.5, 0.6) is 0 Å². The van der Waals surface area contributed by atoms with E-state index in [1.807, 2.05) is 6.92 Å². The molecule has 3 heterocycles. The molecule has 2 saturated heterocycles. The second-order valence-electron chi connectivity index (χ2n) is 9.77. The van der Waals surface area contributed by atoms with E-state index >= 15 is 0 Å². The van der Waals surface area contributed by atoms with Gasteiger partial charge in [-0.2, -0.15) is 0 Å². The molecular weight excluding hydrogens is 483 g/mol. The Hall–Kier alpha value is -3.23. The summed E-state index contributed by atoms with van der Waals surface area (Å²) < 4.78 is 13.3. The quantitative estimate of drug-likeness (QED) is 0.414. The highest BCUT2D eigenvalue weighted by Crippen LogP contribution is 2.30. The van der Waals surface area contributed by atoms with Crippen molar-refractivity contribution < 1.29 is 18.8 Å². The first-order chi connectivity index (χ1) is 17.2. The molecule has 0 radical (unpaired) electrons. The van der Waals surface area contributed by atoms with Gasteiger partial charge in [0, 0.05) is 61.9 Å². The third-order valence-electron chi connectivity index (χ3n) is 7.26. The number of rotatable bonds is 5. The fourth-order valence-corrected chi connectivity index (χ4v) is 5.20. The van der Waals surface area contributed by atoms with Crippen LogP contribution in [0.1, 0.15) is 46.5 Å². The number of hydrogen-bond acceptors (Lipinski definition) is 4. The Morgan fingerprint density at radius 1 is 1.03 bits per heavy atom. The van der Waals surface area contributed by atoms with Crippen molar-refractivity contribution in [1.29, 1.82) is 0 Å². The number of ketones is 1. The highest BCUT2D eigenvalue weighted by Gasteiger charge is 2.34. The average Bonchev–Trinajstić information content (AvgIpc) is 3.22. The largest absolute Gasteiger partial charge is 0.360 e. The zero-order chi connectivity index (χ0) is 25.6. The lowest BCUT2D eigenvalue weighted by atomic mass is 10.0. The topological polar surface area (TPSA) is 76.7 Å². The average molecular weight is 511 g/mol. The minimum Gasteiger partial charge on any atom is -0.360 e. The maximum Gasteiger partial charge on any atom is 0.295 e. The molecule has 188 valence electrons. The number of carbonyl (C=O) groups excluding carboxylic acids is 3. The molecule has 0 spiro atoms. The van der Waals surface area contributed by atoms with Crippen LogP contribution in [0.2, 0.25) is 5.02 Å². The molecular formula is C27H28ClFN4O3. The summed E-state index contributed by atoms with van der Waals surface area (Å²) >= 11 is 6.51. The molecule has 2 fully saturated rings. The van der Waals surface area contributed by atoms with Gasteiger partial charge in [-0.3, -0.25) is 19.3 Å².